The number of benzene rings is 9. The Kier molecular flexibility index (Phi) is 8.44. The largest absolute Gasteiger partial charge is 0.335 e. The Labute approximate surface area is 359 Å². The molecule has 0 unspecified atom stereocenters. The average Bonchev–Trinajstić information content (AvgIpc) is 3.75. The first-order valence-electron chi connectivity index (χ1n) is 21.5. The standard InChI is InChI=1S/C59H48N2/c1-58(2,3)61-53-27-17-15-24-47(53)48-34-30-43(36-55(48)61)39-28-32-44(33-29-39)60(54-35-31-41-20-12-13-23-46(41)56(54)42-21-10-7-11-22-42)45-37-50(40-18-8-6-9-19-40)57-49-25-14-16-26-51(49)59(4,5)52(57)38-45/h6-38H,1-5H3. The summed E-state index contributed by atoms with van der Waals surface area (Å²) in [5.41, 5.74) is 18.3. The van der Waals surface area contributed by atoms with E-state index >= 15 is 0 Å². The fraction of sp³-hybridized carbons (Fsp3) is 0.119. The summed E-state index contributed by atoms with van der Waals surface area (Å²) in [6.07, 6.45) is 0. The number of hydrogen-bond donors (Lipinski definition) is 0. The molecule has 9 aromatic carbocycles. The van der Waals surface area contributed by atoms with Gasteiger partial charge in [0.2, 0.25) is 0 Å². The number of anilines is 3. The van der Waals surface area contributed by atoms with Crippen molar-refractivity contribution in [1.29, 1.82) is 0 Å². The van der Waals surface area contributed by atoms with Crippen molar-refractivity contribution in [3.63, 3.8) is 0 Å². The summed E-state index contributed by atoms with van der Waals surface area (Å²) < 4.78 is 2.50. The summed E-state index contributed by atoms with van der Waals surface area (Å²) in [7, 11) is 0. The van der Waals surface area contributed by atoms with E-state index in [1.165, 1.54) is 88.2 Å². The van der Waals surface area contributed by atoms with Crippen molar-refractivity contribution in [2.75, 3.05) is 4.90 Å². The lowest BCUT2D eigenvalue weighted by atomic mass is 9.81. The van der Waals surface area contributed by atoms with Crippen molar-refractivity contribution in [3.8, 4) is 44.5 Å². The highest BCUT2D eigenvalue weighted by Crippen LogP contribution is 2.55. The Hall–Kier alpha value is -7.16. The number of rotatable bonds is 6. The molecule has 0 radical (unpaired) electrons. The third-order valence-corrected chi connectivity index (χ3v) is 13.0. The number of aromatic nitrogens is 1. The van der Waals surface area contributed by atoms with Crippen LogP contribution in [-0.2, 0) is 11.0 Å². The fourth-order valence-electron chi connectivity index (χ4n) is 10.2. The molecule has 0 saturated heterocycles. The van der Waals surface area contributed by atoms with Gasteiger partial charge in [-0.15, -0.1) is 0 Å². The van der Waals surface area contributed by atoms with Gasteiger partial charge >= 0.3 is 0 Å². The Morgan fingerprint density at radius 2 is 1.03 bits per heavy atom. The van der Waals surface area contributed by atoms with E-state index in [4.69, 9.17) is 0 Å². The van der Waals surface area contributed by atoms with Crippen molar-refractivity contribution in [2.45, 2.75) is 45.6 Å². The first-order valence-corrected chi connectivity index (χ1v) is 21.5. The van der Waals surface area contributed by atoms with E-state index in [-0.39, 0.29) is 11.0 Å². The van der Waals surface area contributed by atoms with E-state index in [0.29, 0.717) is 0 Å². The minimum Gasteiger partial charge on any atom is -0.335 e. The maximum atomic E-state index is 2.50. The van der Waals surface area contributed by atoms with Gasteiger partial charge in [-0.3, -0.25) is 0 Å². The van der Waals surface area contributed by atoms with Gasteiger partial charge in [0, 0.05) is 44.2 Å². The third kappa shape index (κ3) is 5.92. The molecule has 0 aliphatic heterocycles. The van der Waals surface area contributed by atoms with Crippen molar-refractivity contribution in [3.05, 3.63) is 211 Å². The molecule has 2 nitrogen and oxygen atoms in total. The van der Waals surface area contributed by atoms with Crippen LogP contribution in [0.15, 0.2) is 200 Å². The number of fused-ring (bicyclic) bond motifs is 7. The first kappa shape index (κ1) is 36.9. The molecule has 0 spiro atoms. The second-order valence-corrected chi connectivity index (χ2v) is 18.1. The smallest absolute Gasteiger partial charge is 0.0546 e. The second-order valence-electron chi connectivity index (χ2n) is 18.1. The monoisotopic (exact) mass is 784 g/mol. The zero-order chi connectivity index (χ0) is 41.5. The van der Waals surface area contributed by atoms with E-state index < -0.39 is 0 Å². The van der Waals surface area contributed by atoms with Crippen LogP contribution in [0.1, 0.15) is 45.7 Å². The zero-order valence-corrected chi connectivity index (χ0v) is 35.4. The highest BCUT2D eigenvalue weighted by atomic mass is 15.1. The fourth-order valence-corrected chi connectivity index (χ4v) is 10.2. The summed E-state index contributed by atoms with van der Waals surface area (Å²) in [5.74, 6) is 0. The van der Waals surface area contributed by atoms with E-state index in [1.54, 1.807) is 0 Å². The van der Waals surface area contributed by atoms with Crippen molar-refractivity contribution in [2.24, 2.45) is 0 Å². The SMILES string of the molecule is CC1(C)c2ccccc2-c2c(-c3ccccc3)cc(N(c3ccc(-c4ccc5c6ccccc6n(C(C)(C)C)c5c4)cc3)c3ccc4ccccc4c3-c3ccccc3)cc21. The normalized spacial score (nSPS) is 13.1. The first-order chi connectivity index (χ1) is 29.7. The van der Waals surface area contributed by atoms with Gasteiger partial charge in [0.05, 0.1) is 11.2 Å². The van der Waals surface area contributed by atoms with Crippen LogP contribution in [0.4, 0.5) is 17.1 Å². The van der Waals surface area contributed by atoms with Gasteiger partial charge in [-0.05, 0) is 124 Å². The molecule has 0 saturated carbocycles. The maximum Gasteiger partial charge on any atom is 0.0546 e. The summed E-state index contributed by atoms with van der Waals surface area (Å²) in [4.78, 5) is 2.50. The maximum absolute atomic E-state index is 2.50. The molecule has 1 aromatic heterocycles. The highest BCUT2D eigenvalue weighted by molar-refractivity contribution is 6.10. The van der Waals surface area contributed by atoms with Gasteiger partial charge in [0.15, 0.2) is 0 Å². The molecule has 2 heteroatoms. The van der Waals surface area contributed by atoms with Crippen LogP contribution < -0.4 is 4.90 Å². The van der Waals surface area contributed by atoms with Gasteiger partial charge in [0.1, 0.15) is 0 Å². The Morgan fingerprint density at radius 1 is 0.410 bits per heavy atom. The highest BCUT2D eigenvalue weighted by Gasteiger charge is 2.38. The molecular weight excluding hydrogens is 737 g/mol. The molecule has 0 bridgehead atoms. The molecule has 0 atom stereocenters. The second kappa shape index (κ2) is 14.0. The van der Waals surface area contributed by atoms with Crippen LogP contribution in [0.5, 0.6) is 0 Å². The molecule has 61 heavy (non-hydrogen) atoms. The molecule has 1 aliphatic carbocycles. The predicted molar refractivity (Wildman–Crippen MR) is 261 cm³/mol. The third-order valence-electron chi connectivity index (χ3n) is 13.0. The lowest BCUT2D eigenvalue weighted by molar-refractivity contribution is 0.423. The molecule has 1 aliphatic rings. The molecule has 0 N–H and O–H groups in total. The Bertz CT molecular complexity index is 3290. The number of para-hydroxylation sites is 1. The van der Waals surface area contributed by atoms with Gasteiger partial charge in [0.25, 0.3) is 0 Å². The molecule has 1 heterocycles. The van der Waals surface area contributed by atoms with Crippen LogP contribution in [0, 0.1) is 0 Å². The van der Waals surface area contributed by atoms with E-state index in [9.17, 15) is 0 Å². The Morgan fingerprint density at radius 3 is 1.79 bits per heavy atom. The van der Waals surface area contributed by atoms with Crippen LogP contribution in [0.25, 0.3) is 77.1 Å². The molecule has 294 valence electrons. The van der Waals surface area contributed by atoms with Gasteiger partial charge in [-0.2, -0.15) is 0 Å². The van der Waals surface area contributed by atoms with Crippen LogP contribution in [0.2, 0.25) is 0 Å². The summed E-state index contributed by atoms with van der Waals surface area (Å²) >= 11 is 0. The van der Waals surface area contributed by atoms with Gasteiger partial charge < -0.3 is 9.47 Å². The van der Waals surface area contributed by atoms with Crippen LogP contribution >= 0.6 is 0 Å². The molecule has 0 amide bonds. The quantitative estimate of drug-likeness (QED) is 0.163. The summed E-state index contributed by atoms with van der Waals surface area (Å²) in [6, 6.07) is 74.2. The van der Waals surface area contributed by atoms with Crippen LogP contribution in [0.3, 0.4) is 0 Å². The minimum atomic E-state index is -0.194. The Balaban J connectivity index is 1.15. The summed E-state index contributed by atoms with van der Waals surface area (Å²) in [6.45, 7) is 11.7. The van der Waals surface area contributed by atoms with Gasteiger partial charge in [-0.1, -0.05) is 172 Å². The average molecular weight is 785 g/mol. The van der Waals surface area contributed by atoms with Crippen molar-refractivity contribution in [1.82, 2.24) is 4.57 Å². The predicted octanol–water partition coefficient (Wildman–Crippen LogP) is 16.5. The lowest BCUT2D eigenvalue weighted by Crippen LogP contribution is -2.21. The lowest BCUT2D eigenvalue weighted by Gasteiger charge is -2.31. The van der Waals surface area contributed by atoms with Gasteiger partial charge in [-0.25, -0.2) is 0 Å². The summed E-state index contributed by atoms with van der Waals surface area (Å²) in [5, 5.41) is 5.04. The van der Waals surface area contributed by atoms with E-state index in [2.05, 4.69) is 244 Å². The van der Waals surface area contributed by atoms with E-state index in [1.807, 2.05) is 0 Å². The minimum absolute atomic E-state index is 0.0783. The zero-order valence-electron chi connectivity index (χ0n) is 35.4. The van der Waals surface area contributed by atoms with E-state index in [0.717, 1.165) is 17.1 Å². The molecular formula is C59H48N2. The van der Waals surface area contributed by atoms with Crippen molar-refractivity contribution >= 4 is 49.6 Å². The van der Waals surface area contributed by atoms with Crippen molar-refractivity contribution < 1.29 is 0 Å². The molecule has 11 rings (SSSR count). The number of hydrogen-bond acceptors (Lipinski definition) is 1. The van der Waals surface area contributed by atoms with Crippen LogP contribution in [-0.4, -0.2) is 4.57 Å². The topological polar surface area (TPSA) is 8.17 Å². The molecule has 0 fully saturated rings. The molecule has 10 aromatic rings. The number of nitrogens with zero attached hydrogens (tertiary/aromatic N) is 2.